The molecule has 8 heteroatoms. The van der Waals surface area contributed by atoms with Crippen LogP contribution in [0.25, 0.3) is 5.65 Å². The monoisotopic (exact) mass is 398 g/mol. The second kappa shape index (κ2) is 7.37. The maximum absolute atomic E-state index is 12.9. The van der Waals surface area contributed by atoms with Crippen LogP contribution in [0.15, 0.2) is 59.8 Å². The van der Waals surface area contributed by atoms with Crippen LogP contribution in [-0.2, 0) is 10.0 Å². The number of rotatable bonds is 4. The number of hydrogen-bond acceptors (Lipinski definition) is 4. The van der Waals surface area contributed by atoms with Crippen molar-refractivity contribution in [3.05, 3.63) is 60.4 Å². The maximum Gasteiger partial charge on any atom is 0.256 e. The Morgan fingerprint density at radius 2 is 1.93 bits per heavy atom. The molecule has 28 heavy (non-hydrogen) atoms. The van der Waals surface area contributed by atoms with Gasteiger partial charge in [-0.3, -0.25) is 9.20 Å². The summed E-state index contributed by atoms with van der Waals surface area (Å²) in [7, 11) is -3.54. The third-order valence-electron chi connectivity index (χ3n) is 5.14. The van der Waals surface area contributed by atoms with Gasteiger partial charge in [0, 0.05) is 30.5 Å². The van der Waals surface area contributed by atoms with E-state index in [2.05, 4.69) is 10.3 Å². The van der Waals surface area contributed by atoms with Crippen molar-refractivity contribution in [2.75, 3.05) is 11.9 Å². The van der Waals surface area contributed by atoms with Gasteiger partial charge in [-0.1, -0.05) is 12.5 Å². The molecule has 0 spiro atoms. The number of carbonyl (C=O) groups is 1. The van der Waals surface area contributed by atoms with Crippen molar-refractivity contribution >= 4 is 27.4 Å². The fraction of sp³-hybridized carbons (Fsp3) is 0.300. The molecule has 1 N–H and O–H groups in total. The van der Waals surface area contributed by atoms with Gasteiger partial charge >= 0.3 is 0 Å². The third-order valence-corrected chi connectivity index (χ3v) is 7.16. The van der Waals surface area contributed by atoms with Crippen LogP contribution in [-0.4, -0.2) is 40.6 Å². The number of fused-ring (bicyclic) bond motifs is 1. The molecule has 146 valence electrons. The minimum absolute atomic E-state index is 0.00241. The minimum Gasteiger partial charge on any atom is -0.308 e. The molecule has 3 heterocycles. The average Bonchev–Trinajstić information content (AvgIpc) is 3.18. The van der Waals surface area contributed by atoms with Crippen molar-refractivity contribution in [1.82, 2.24) is 13.7 Å². The van der Waals surface area contributed by atoms with Crippen molar-refractivity contribution in [1.29, 1.82) is 0 Å². The Balaban J connectivity index is 1.54. The van der Waals surface area contributed by atoms with E-state index >= 15 is 0 Å². The molecular weight excluding hydrogens is 376 g/mol. The van der Waals surface area contributed by atoms with E-state index in [-0.39, 0.29) is 16.8 Å². The standard InChI is InChI=1S/C20H22N4O3S/c1-15-5-2-3-13-24(15)28(26,27)17-10-8-16(9-11-17)20(25)22-19-7-4-6-18-21-12-14-23(18)19/h4,6-12,14-15H,2-3,5,13H2,1H3,(H,22,25). The zero-order valence-electron chi connectivity index (χ0n) is 15.6. The first-order chi connectivity index (χ1) is 13.5. The lowest BCUT2D eigenvalue weighted by Gasteiger charge is -2.32. The molecule has 1 fully saturated rings. The molecule has 0 saturated carbocycles. The molecule has 1 atom stereocenters. The number of nitrogens with one attached hydrogen (secondary N) is 1. The van der Waals surface area contributed by atoms with Gasteiger partial charge in [0.25, 0.3) is 5.91 Å². The summed E-state index contributed by atoms with van der Waals surface area (Å²) in [5, 5.41) is 2.84. The number of benzene rings is 1. The normalized spacial score (nSPS) is 18.2. The Kier molecular flexibility index (Phi) is 4.91. The Morgan fingerprint density at radius 3 is 2.68 bits per heavy atom. The molecule has 1 unspecified atom stereocenters. The summed E-state index contributed by atoms with van der Waals surface area (Å²) >= 11 is 0. The molecule has 0 bridgehead atoms. The summed E-state index contributed by atoms with van der Waals surface area (Å²) in [6.45, 7) is 2.48. The third kappa shape index (κ3) is 3.41. The van der Waals surface area contributed by atoms with Crippen molar-refractivity contribution in [3.63, 3.8) is 0 Å². The molecule has 1 amide bonds. The van der Waals surface area contributed by atoms with E-state index < -0.39 is 10.0 Å². The van der Waals surface area contributed by atoms with Gasteiger partial charge in [-0.05, 0) is 56.2 Å². The molecule has 4 rings (SSSR count). The van der Waals surface area contributed by atoms with Crippen LogP contribution < -0.4 is 5.32 Å². The molecule has 1 aromatic carbocycles. The Bertz CT molecular complexity index is 1110. The van der Waals surface area contributed by atoms with Crippen LogP contribution in [0.3, 0.4) is 0 Å². The number of hydrogen-bond donors (Lipinski definition) is 1. The second-order valence-electron chi connectivity index (χ2n) is 7.01. The number of anilines is 1. The number of imidazole rings is 1. The van der Waals surface area contributed by atoms with Crippen molar-refractivity contribution in [2.24, 2.45) is 0 Å². The van der Waals surface area contributed by atoms with Crippen LogP contribution >= 0.6 is 0 Å². The Labute approximate surface area is 164 Å². The van der Waals surface area contributed by atoms with Crippen molar-refractivity contribution < 1.29 is 13.2 Å². The molecular formula is C20H22N4O3S. The molecule has 3 aromatic rings. The first kappa shape index (κ1) is 18.6. The topological polar surface area (TPSA) is 83.8 Å². The van der Waals surface area contributed by atoms with E-state index in [1.54, 1.807) is 39.3 Å². The van der Waals surface area contributed by atoms with Crippen molar-refractivity contribution in [3.8, 4) is 0 Å². The lowest BCUT2D eigenvalue weighted by molar-refractivity contribution is 0.102. The number of nitrogens with zero attached hydrogens (tertiary/aromatic N) is 3. The predicted octanol–water partition coefficient (Wildman–Crippen LogP) is 3.15. The van der Waals surface area contributed by atoms with Crippen LogP contribution in [0, 0.1) is 0 Å². The fourth-order valence-electron chi connectivity index (χ4n) is 3.58. The van der Waals surface area contributed by atoms with Gasteiger partial charge in [-0.2, -0.15) is 4.31 Å². The van der Waals surface area contributed by atoms with Gasteiger partial charge in [0.1, 0.15) is 11.5 Å². The van der Waals surface area contributed by atoms with E-state index in [0.717, 1.165) is 24.9 Å². The van der Waals surface area contributed by atoms with Crippen LogP contribution in [0.2, 0.25) is 0 Å². The Morgan fingerprint density at radius 1 is 1.14 bits per heavy atom. The smallest absolute Gasteiger partial charge is 0.256 e. The average molecular weight is 398 g/mol. The van der Waals surface area contributed by atoms with Gasteiger partial charge in [0.15, 0.2) is 0 Å². The second-order valence-corrected chi connectivity index (χ2v) is 8.90. The highest BCUT2D eigenvalue weighted by Gasteiger charge is 2.30. The number of aromatic nitrogens is 2. The van der Waals surface area contributed by atoms with E-state index in [4.69, 9.17) is 0 Å². The van der Waals surface area contributed by atoms with Gasteiger partial charge in [0.2, 0.25) is 10.0 Å². The highest BCUT2D eigenvalue weighted by atomic mass is 32.2. The summed E-state index contributed by atoms with van der Waals surface area (Å²) in [6.07, 6.45) is 6.23. The summed E-state index contributed by atoms with van der Waals surface area (Å²) < 4.78 is 29.1. The van der Waals surface area contributed by atoms with E-state index in [1.165, 1.54) is 12.1 Å². The minimum atomic E-state index is -3.54. The molecule has 0 radical (unpaired) electrons. The van der Waals surface area contributed by atoms with Gasteiger partial charge in [-0.15, -0.1) is 0 Å². The highest BCUT2D eigenvalue weighted by Crippen LogP contribution is 2.25. The van der Waals surface area contributed by atoms with E-state index in [9.17, 15) is 13.2 Å². The number of piperidine rings is 1. The van der Waals surface area contributed by atoms with Gasteiger partial charge in [-0.25, -0.2) is 13.4 Å². The van der Waals surface area contributed by atoms with Crippen LogP contribution in [0.5, 0.6) is 0 Å². The first-order valence-corrected chi connectivity index (χ1v) is 10.8. The summed E-state index contributed by atoms with van der Waals surface area (Å²) in [5.74, 6) is 0.287. The van der Waals surface area contributed by atoms with Crippen LogP contribution in [0.4, 0.5) is 5.82 Å². The van der Waals surface area contributed by atoms with Gasteiger partial charge < -0.3 is 5.32 Å². The maximum atomic E-state index is 12.9. The predicted molar refractivity (Wildman–Crippen MR) is 107 cm³/mol. The summed E-state index contributed by atoms with van der Waals surface area (Å²) in [5.41, 5.74) is 1.12. The van der Waals surface area contributed by atoms with E-state index in [0.29, 0.717) is 17.9 Å². The fourth-order valence-corrected chi connectivity index (χ4v) is 5.28. The molecule has 2 aromatic heterocycles. The number of sulfonamides is 1. The zero-order chi connectivity index (χ0) is 19.7. The number of amides is 1. The lowest BCUT2D eigenvalue weighted by atomic mass is 10.1. The lowest BCUT2D eigenvalue weighted by Crippen LogP contribution is -2.41. The first-order valence-electron chi connectivity index (χ1n) is 9.32. The largest absolute Gasteiger partial charge is 0.308 e. The van der Waals surface area contributed by atoms with Crippen LogP contribution in [0.1, 0.15) is 36.5 Å². The quantitative estimate of drug-likeness (QED) is 0.732. The van der Waals surface area contributed by atoms with Crippen molar-refractivity contribution in [2.45, 2.75) is 37.1 Å². The highest BCUT2D eigenvalue weighted by molar-refractivity contribution is 7.89. The number of carbonyl (C=O) groups excluding carboxylic acids is 1. The molecule has 7 nitrogen and oxygen atoms in total. The van der Waals surface area contributed by atoms with Gasteiger partial charge in [0.05, 0.1) is 4.90 Å². The number of pyridine rings is 1. The Hall–Kier alpha value is -2.71. The molecule has 0 aliphatic carbocycles. The molecule has 1 aliphatic heterocycles. The zero-order valence-corrected chi connectivity index (χ0v) is 16.4. The van der Waals surface area contributed by atoms with E-state index in [1.807, 2.05) is 19.1 Å². The molecule has 1 saturated heterocycles. The molecule has 1 aliphatic rings. The summed E-state index contributed by atoms with van der Waals surface area (Å²) in [4.78, 5) is 17.0. The summed E-state index contributed by atoms with van der Waals surface area (Å²) in [6, 6.07) is 11.5. The SMILES string of the molecule is CC1CCCCN1S(=O)(=O)c1ccc(C(=O)Nc2cccc3nccn23)cc1.